The second kappa shape index (κ2) is 4.96. The van der Waals surface area contributed by atoms with Crippen LogP contribution in [0.1, 0.15) is 27.9 Å². The number of ketones is 1. The van der Waals surface area contributed by atoms with Crippen LogP contribution in [-0.4, -0.2) is 5.78 Å². The minimum Gasteiger partial charge on any atom is -0.300 e. The molecule has 2 atom stereocenters. The molecule has 0 radical (unpaired) electrons. The Morgan fingerprint density at radius 1 is 1.31 bits per heavy atom. The average molecular weight is 325 g/mol. The number of halogens is 1. The summed E-state index contributed by atoms with van der Waals surface area (Å²) < 4.78 is 0.128. The number of nitrogens with zero attached hydrogens (tertiary/aromatic N) is 1. The molecule has 2 rings (SSSR count). The first kappa shape index (κ1) is 11.6. The first-order valence-corrected chi connectivity index (χ1v) is 6.60. The van der Waals surface area contributed by atoms with E-state index in [4.69, 9.17) is 5.26 Å². The van der Waals surface area contributed by atoms with E-state index < -0.39 is 0 Å². The summed E-state index contributed by atoms with van der Waals surface area (Å²) in [5, 5.41) is 9.11. The van der Waals surface area contributed by atoms with E-state index in [0.29, 0.717) is 12.8 Å². The van der Waals surface area contributed by atoms with Crippen LogP contribution >= 0.6 is 22.6 Å². The van der Waals surface area contributed by atoms with E-state index in [2.05, 4.69) is 40.8 Å². The SMILES string of the molecule is N#C[C@H]1CC(=O)CCc2ccccc2[C@H]1I. The van der Waals surface area contributed by atoms with Crippen LogP contribution in [0.25, 0.3) is 0 Å². The normalized spacial score (nSPS) is 25.1. The molecule has 0 unspecified atom stereocenters. The molecule has 0 bridgehead atoms. The average Bonchev–Trinajstić information content (AvgIpc) is 2.31. The standard InChI is InChI=1S/C13H12INO/c14-13-10(8-15)7-11(16)6-5-9-3-1-2-4-12(9)13/h1-4,10,13H,5-7H2/t10-,13+/m1/s1. The Morgan fingerprint density at radius 2 is 2.06 bits per heavy atom. The fourth-order valence-corrected chi connectivity index (χ4v) is 3.11. The summed E-state index contributed by atoms with van der Waals surface area (Å²) in [6.07, 6.45) is 1.78. The summed E-state index contributed by atoms with van der Waals surface area (Å²) in [4.78, 5) is 11.6. The minimum atomic E-state index is -0.186. The molecule has 0 saturated carbocycles. The fraction of sp³-hybridized carbons (Fsp3) is 0.385. The van der Waals surface area contributed by atoms with Gasteiger partial charge >= 0.3 is 0 Å². The van der Waals surface area contributed by atoms with Crippen LogP contribution in [-0.2, 0) is 11.2 Å². The van der Waals surface area contributed by atoms with Crippen LogP contribution < -0.4 is 0 Å². The van der Waals surface area contributed by atoms with Gasteiger partial charge in [0.15, 0.2) is 0 Å². The first-order chi connectivity index (χ1) is 7.72. The lowest BCUT2D eigenvalue weighted by Gasteiger charge is -2.22. The summed E-state index contributed by atoms with van der Waals surface area (Å²) in [6, 6.07) is 10.4. The molecule has 16 heavy (non-hydrogen) atoms. The van der Waals surface area contributed by atoms with Crippen molar-refractivity contribution in [2.75, 3.05) is 0 Å². The lowest BCUT2D eigenvalue weighted by molar-refractivity contribution is -0.119. The van der Waals surface area contributed by atoms with Gasteiger partial charge in [0.25, 0.3) is 0 Å². The molecule has 2 nitrogen and oxygen atoms in total. The number of benzene rings is 1. The lowest BCUT2D eigenvalue weighted by atomic mass is 9.87. The molecule has 0 aliphatic heterocycles. The third-order valence-electron chi connectivity index (χ3n) is 2.99. The third kappa shape index (κ3) is 2.27. The van der Waals surface area contributed by atoms with Gasteiger partial charge in [0.2, 0.25) is 0 Å². The molecule has 1 aromatic rings. The minimum absolute atomic E-state index is 0.128. The highest BCUT2D eigenvalue weighted by atomic mass is 127. The van der Waals surface area contributed by atoms with Crippen molar-refractivity contribution in [3.63, 3.8) is 0 Å². The van der Waals surface area contributed by atoms with E-state index in [0.717, 1.165) is 6.42 Å². The largest absolute Gasteiger partial charge is 0.300 e. The molecule has 0 saturated heterocycles. The van der Waals surface area contributed by atoms with Gasteiger partial charge in [-0.1, -0.05) is 46.9 Å². The van der Waals surface area contributed by atoms with Crippen LogP contribution in [0.5, 0.6) is 0 Å². The molecule has 0 fully saturated rings. The number of hydrogen-bond donors (Lipinski definition) is 0. The molecular weight excluding hydrogens is 313 g/mol. The molecule has 0 heterocycles. The molecule has 3 heteroatoms. The van der Waals surface area contributed by atoms with Crippen molar-refractivity contribution in [3.8, 4) is 6.07 Å². The van der Waals surface area contributed by atoms with Gasteiger partial charge in [0.05, 0.1) is 15.9 Å². The number of fused-ring (bicyclic) bond motifs is 1. The zero-order valence-electron chi connectivity index (χ0n) is 8.82. The number of Topliss-reactive ketones (excluding diaryl/α,β-unsaturated/α-hetero) is 1. The highest BCUT2D eigenvalue weighted by Gasteiger charge is 2.27. The predicted octanol–water partition coefficient (Wildman–Crippen LogP) is 3.21. The zero-order valence-corrected chi connectivity index (χ0v) is 11.0. The molecule has 0 N–H and O–H groups in total. The van der Waals surface area contributed by atoms with Gasteiger partial charge in [0, 0.05) is 12.8 Å². The van der Waals surface area contributed by atoms with Gasteiger partial charge in [-0.3, -0.25) is 4.79 Å². The summed E-state index contributed by atoms with van der Waals surface area (Å²) in [7, 11) is 0. The van der Waals surface area contributed by atoms with Crippen molar-refractivity contribution in [3.05, 3.63) is 35.4 Å². The van der Waals surface area contributed by atoms with Gasteiger partial charge in [-0.05, 0) is 17.5 Å². The number of rotatable bonds is 0. The molecule has 1 aromatic carbocycles. The van der Waals surface area contributed by atoms with Gasteiger partial charge in [-0.15, -0.1) is 0 Å². The van der Waals surface area contributed by atoms with Crippen LogP contribution in [0.3, 0.4) is 0 Å². The van der Waals surface area contributed by atoms with Crippen LogP contribution in [0.15, 0.2) is 24.3 Å². The van der Waals surface area contributed by atoms with Crippen molar-refractivity contribution in [1.82, 2.24) is 0 Å². The monoisotopic (exact) mass is 325 g/mol. The third-order valence-corrected chi connectivity index (χ3v) is 4.53. The van der Waals surface area contributed by atoms with E-state index in [-0.39, 0.29) is 15.6 Å². The molecule has 0 aromatic heterocycles. The van der Waals surface area contributed by atoms with Crippen molar-refractivity contribution < 1.29 is 4.79 Å². The van der Waals surface area contributed by atoms with Crippen molar-refractivity contribution in [2.45, 2.75) is 23.2 Å². The number of carbonyl (C=O) groups excluding carboxylic acids is 1. The zero-order chi connectivity index (χ0) is 11.5. The Hall–Kier alpha value is -0.890. The number of carbonyl (C=O) groups is 1. The lowest BCUT2D eigenvalue weighted by Crippen LogP contribution is -2.17. The van der Waals surface area contributed by atoms with E-state index in [9.17, 15) is 4.79 Å². The second-order valence-corrected chi connectivity index (χ2v) is 5.42. The number of aryl methyl sites for hydroxylation is 1. The van der Waals surface area contributed by atoms with Gasteiger partial charge in [0.1, 0.15) is 5.78 Å². The molecular formula is C13H12INO. The van der Waals surface area contributed by atoms with Crippen molar-refractivity contribution >= 4 is 28.4 Å². The molecule has 1 aliphatic rings. The topological polar surface area (TPSA) is 40.9 Å². The van der Waals surface area contributed by atoms with Gasteiger partial charge in [-0.25, -0.2) is 0 Å². The summed E-state index contributed by atoms with van der Waals surface area (Å²) in [5.41, 5.74) is 2.44. The van der Waals surface area contributed by atoms with Gasteiger partial charge < -0.3 is 0 Å². The Balaban J connectivity index is 2.42. The Kier molecular flexibility index (Phi) is 3.59. The molecule has 0 amide bonds. The highest BCUT2D eigenvalue weighted by Crippen LogP contribution is 2.37. The molecule has 82 valence electrons. The van der Waals surface area contributed by atoms with Gasteiger partial charge in [-0.2, -0.15) is 5.26 Å². The maximum atomic E-state index is 11.6. The van der Waals surface area contributed by atoms with E-state index in [1.807, 2.05) is 12.1 Å². The smallest absolute Gasteiger partial charge is 0.134 e. The summed E-state index contributed by atoms with van der Waals surface area (Å²) >= 11 is 2.29. The number of hydrogen-bond acceptors (Lipinski definition) is 2. The summed E-state index contributed by atoms with van der Waals surface area (Å²) in [5.74, 6) is 0.0252. The second-order valence-electron chi connectivity index (χ2n) is 4.08. The first-order valence-electron chi connectivity index (χ1n) is 5.35. The van der Waals surface area contributed by atoms with Crippen molar-refractivity contribution in [1.29, 1.82) is 5.26 Å². The maximum absolute atomic E-state index is 11.6. The molecule has 0 spiro atoms. The fourth-order valence-electron chi connectivity index (χ4n) is 2.08. The number of alkyl halides is 1. The van der Waals surface area contributed by atoms with E-state index in [1.165, 1.54) is 11.1 Å². The predicted molar refractivity (Wildman–Crippen MR) is 70.3 cm³/mol. The maximum Gasteiger partial charge on any atom is 0.134 e. The number of nitriles is 1. The Morgan fingerprint density at radius 3 is 2.81 bits per heavy atom. The van der Waals surface area contributed by atoms with E-state index >= 15 is 0 Å². The Bertz CT molecular complexity index is 449. The van der Waals surface area contributed by atoms with E-state index in [1.54, 1.807) is 0 Å². The van der Waals surface area contributed by atoms with Crippen LogP contribution in [0, 0.1) is 17.2 Å². The molecule has 1 aliphatic carbocycles. The van der Waals surface area contributed by atoms with Crippen LogP contribution in [0.4, 0.5) is 0 Å². The summed E-state index contributed by atoms with van der Waals surface area (Å²) in [6.45, 7) is 0. The van der Waals surface area contributed by atoms with Crippen molar-refractivity contribution in [2.24, 2.45) is 5.92 Å². The quantitative estimate of drug-likeness (QED) is 0.543. The Labute approximate surface area is 109 Å². The van der Waals surface area contributed by atoms with Crippen LogP contribution in [0.2, 0.25) is 0 Å². The highest BCUT2D eigenvalue weighted by molar-refractivity contribution is 14.1.